The first-order valence-electron chi connectivity index (χ1n) is 11.3. The van der Waals surface area contributed by atoms with Gasteiger partial charge in [0.2, 0.25) is 0 Å². The summed E-state index contributed by atoms with van der Waals surface area (Å²) in [6.45, 7) is 12.3. The Morgan fingerprint density at radius 1 is 1.31 bits per heavy atom. The van der Waals surface area contributed by atoms with Crippen molar-refractivity contribution in [2.24, 2.45) is 21.7 Å². The highest BCUT2D eigenvalue weighted by Crippen LogP contribution is 2.65. The number of carbonyl (C=O) groups excluding carboxylic acids is 2. The number of fused-ring (bicyclic) bond motifs is 5. The summed E-state index contributed by atoms with van der Waals surface area (Å²) in [4.78, 5) is 30.6. The first-order valence-corrected chi connectivity index (χ1v) is 11.7. The van der Waals surface area contributed by atoms with Crippen LogP contribution in [0.25, 0.3) is 0 Å². The predicted octanol–water partition coefficient (Wildman–Crippen LogP) is 5.14. The number of rotatable bonds is 4. The molecule has 2 saturated carbocycles. The lowest BCUT2D eigenvalue weighted by atomic mass is 9.70. The third-order valence-electron chi connectivity index (χ3n) is 7.81. The van der Waals surface area contributed by atoms with Crippen molar-refractivity contribution in [3.63, 3.8) is 0 Å². The zero-order valence-corrected chi connectivity index (χ0v) is 20.5. The number of amides is 1. The normalized spacial score (nSPS) is 31.4. The first kappa shape index (κ1) is 23.1. The summed E-state index contributed by atoms with van der Waals surface area (Å²) in [6, 6.07) is 6.59. The second-order valence-corrected chi connectivity index (χ2v) is 11.5. The third-order valence-corrected chi connectivity index (χ3v) is 8.16. The number of nitrogens with zero attached hydrogens (tertiary/aromatic N) is 1. The molecule has 0 aromatic heterocycles. The van der Waals surface area contributed by atoms with Gasteiger partial charge in [-0.25, -0.2) is 9.59 Å². The molecule has 174 valence electrons. The van der Waals surface area contributed by atoms with E-state index in [0.717, 1.165) is 24.1 Å². The number of carbonyl (C=O) groups is 2. The van der Waals surface area contributed by atoms with Gasteiger partial charge < -0.3 is 14.8 Å². The summed E-state index contributed by atoms with van der Waals surface area (Å²) < 4.78 is 11.5. The van der Waals surface area contributed by atoms with E-state index >= 15 is 0 Å². The van der Waals surface area contributed by atoms with Crippen LogP contribution in [0.5, 0.6) is 0 Å². The van der Waals surface area contributed by atoms with Gasteiger partial charge >= 0.3 is 12.1 Å². The number of benzene rings is 1. The number of halogens is 1. The minimum Gasteiger partial charge on any atom is -0.454 e. The Hall–Kier alpha value is -2.08. The molecule has 2 aliphatic carbocycles. The fraction of sp³-hybridized carbons (Fsp3) is 0.640. The quantitative estimate of drug-likeness (QED) is 0.631. The number of ether oxygens (including phenoxy) is 2. The van der Waals surface area contributed by atoms with E-state index in [9.17, 15) is 9.59 Å². The van der Waals surface area contributed by atoms with E-state index in [1.54, 1.807) is 26.8 Å². The summed E-state index contributed by atoms with van der Waals surface area (Å²) in [7, 11) is 0. The van der Waals surface area contributed by atoms with Crippen LogP contribution >= 0.6 is 11.6 Å². The second-order valence-electron chi connectivity index (χ2n) is 11.1. The topological polar surface area (TPSA) is 77.0 Å². The molecule has 2 fully saturated rings. The van der Waals surface area contributed by atoms with Gasteiger partial charge in [-0.3, -0.25) is 4.99 Å². The van der Waals surface area contributed by atoms with Crippen molar-refractivity contribution in [1.29, 1.82) is 0 Å². The van der Waals surface area contributed by atoms with Crippen LogP contribution in [-0.4, -0.2) is 42.1 Å². The van der Waals surface area contributed by atoms with Crippen molar-refractivity contribution in [1.82, 2.24) is 5.32 Å². The van der Waals surface area contributed by atoms with Gasteiger partial charge in [-0.1, -0.05) is 50.6 Å². The van der Waals surface area contributed by atoms with Crippen LogP contribution in [0, 0.1) is 16.7 Å². The third kappa shape index (κ3) is 3.70. The molecular weight excluding hydrogens is 428 g/mol. The van der Waals surface area contributed by atoms with Crippen molar-refractivity contribution < 1.29 is 19.1 Å². The van der Waals surface area contributed by atoms with E-state index in [2.05, 4.69) is 26.1 Å². The summed E-state index contributed by atoms with van der Waals surface area (Å²) in [6.07, 6.45) is 1.26. The molecule has 2 bridgehead atoms. The maximum absolute atomic E-state index is 13.2. The molecule has 3 aliphatic rings. The van der Waals surface area contributed by atoms with E-state index < -0.39 is 23.7 Å². The zero-order chi connectivity index (χ0) is 23.5. The molecule has 7 heteroatoms. The van der Waals surface area contributed by atoms with Crippen molar-refractivity contribution in [2.45, 2.75) is 78.0 Å². The Kier molecular flexibility index (Phi) is 5.60. The minimum atomic E-state index is -0.769. The highest BCUT2D eigenvalue weighted by Gasteiger charge is 2.68. The van der Waals surface area contributed by atoms with Crippen LogP contribution < -0.4 is 5.32 Å². The molecule has 1 amide bonds. The fourth-order valence-corrected chi connectivity index (χ4v) is 5.97. The Labute approximate surface area is 195 Å². The summed E-state index contributed by atoms with van der Waals surface area (Å²) in [5.74, 6) is -0.537. The number of esters is 1. The molecule has 1 aromatic carbocycles. The molecule has 4 rings (SSSR count). The van der Waals surface area contributed by atoms with Crippen LogP contribution in [0.2, 0.25) is 5.02 Å². The van der Waals surface area contributed by atoms with Crippen molar-refractivity contribution >= 4 is 29.4 Å². The lowest BCUT2D eigenvalue weighted by Gasteiger charge is -2.40. The molecule has 0 saturated heterocycles. The van der Waals surface area contributed by atoms with E-state index in [1.807, 2.05) is 18.2 Å². The van der Waals surface area contributed by atoms with Gasteiger partial charge in [0.15, 0.2) is 6.04 Å². The van der Waals surface area contributed by atoms with Gasteiger partial charge in [0.1, 0.15) is 11.7 Å². The molecule has 1 heterocycles. The van der Waals surface area contributed by atoms with E-state index in [-0.39, 0.29) is 29.4 Å². The molecule has 0 spiro atoms. The monoisotopic (exact) mass is 460 g/mol. The Bertz CT molecular complexity index is 967. The second kappa shape index (κ2) is 7.75. The molecule has 0 radical (unpaired) electrons. The van der Waals surface area contributed by atoms with Crippen LogP contribution in [0.1, 0.15) is 65.9 Å². The SMILES string of the molecule is CC(C)(C)OC(=O)NC[C@@H](c1ccccc1Cl)[C@H]1N=C2[C@H]3CC[C@@](C)([C@@H]2OC1=O)C3(C)C. The van der Waals surface area contributed by atoms with Crippen LogP contribution in [0.15, 0.2) is 29.3 Å². The number of nitrogens with one attached hydrogen (secondary N) is 1. The maximum atomic E-state index is 13.2. The highest BCUT2D eigenvalue weighted by molar-refractivity contribution is 6.31. The molecule has 6 nitrogen and oxygen atoms in total. The van der Waals surface area contributed by atoms with Gasteiger partial charge in [-0.05, 0) is 50.7 Å². The zero-order valence-electron chi connectivity index (χ0n) is 19.7. The number of alkyl carbamates (subject to hydrolysis) is 1. The molecule has 0 unspecified atom stereocenters. The molecule has 1 aromatic rings. The van der Waals surface area contributed by atoms with Crippen molar-refractivity contribution in [3.8, 4) is 0 Å². The van der Waals surface area contributed by atoms with Gasteiger partial charge in [-0.2, -0.15) is 0 Å². The lowest BCUT2D eigenvalue weighted by molar-refractivity contribution is -0.156. The van der Waals surface area contributed by atoms with Gasteiger partial charge in [-0.15, -0.1) is 0 Å². The van der Waals surface area contributed by atoms with Gasteiger partial charge in [0.05, 0.1) is 5.71 Å². The Morgan fingerprint density at radius 2 is 2.00 bits per heavy atom. The first-order chi connectivity index (χ1) is 14.8. The van der Waals surface area contributed by atoms with Crippen LogP contribution in [-0.2, 0) is 14.3 Å². The smallest absolute Gasteiger partial charge is 0.407 e. The summed E-state index contributed by atoms with van der Waals surface area (Å²) in [5.41, 5.74) is 1.03. The standard InChI is InChI=1S/C25H33ClN2O4/c1-23(2,3)32-22(30)27-13-15(14-9-7-8-10-17(14)26)18-21(29)31-20-19(28-18)16-11-12-25(20,6)24(16,4)5/h7-10,15-16,18,20H,11-13H2,1-6H3,(H,27,30)/t15-,16+,18+,20+,25-/m0/s1. The summed E-state index contributed by atoms with van der Waals surface area (Å²) >= 11 is 6.50. The van der Waals surface area contributed by atoms with Crippen LogP contribution in [0.4, 0.5) is 4.79 Å². The fourth-order valence-electron chi connectivity index (χ4n) is 5.70. The largest absolute Gasteiger partial charge is 0.454 e. The van der Waals surface area contributed by atoms with E-state index in [4.69, 9.17) is 26.1 Å². The lowest BCUT2D eigenvalue weighted by Crippen LogP contribution is -2.49. The van der Waals surface area contributed by atoms with Gasteiger partial charge in [0, 0.05) is 28.8 Å². The maximum Gasteiger partial charge on any atom is 0.407 e. The van der Waals surface area contributed by atoms with E-state index in [1.165, 1.54) is 0 Å². The Morgan fingerprint density at radius 3 is 2.66 bits per heavy atom. The predicted molar refractivity (Wildman–Crippen MR) is 124 cm³/mol. The molecule has 1 N–H and O–H groups in total. The number of hydrogen-bond donors (Lipinski definition) is 1. The van der Waals surface area contributed by atoms with E-state index in [0.29, 0.717) is 10.9 Å². The molecule has 5 atom stereocenters. The number of hydrogen-bond acceptors (Lipinski definition) is 5. The average Bonchev–Trinajstić information content (AvgIpc) is 3.00. The van der Waals surface area contributed by atoms with Gasteiger partial charge in [0.25, 0.3) is 0 Å². The Balaban J connectivity index is 1.67. The molecular formula is C25H33ClN2O4. The van der Waals surface area contributed by atoms with Crippen molar-refractivity contribution in [3.05, 3.63) is 34.9 Å². The average molecular weight is 461 g/mol. The highest BCUT2D eigenvalue weighted by atomic mass is 35.5. The molecule has 32 heavy (non-hydrogen) atoms. The summed E-state index contributed by atoms with van der Waals surface area (Å²) in [5, 5.41) is 3.33. The van der Waals surface area contributed by atoms with Crippen LogP contribution in [0.3, 0.4) is 0 Å². The molecule has 1 aliphatic heterocycles. The van der Waals surface area contributed by atoms with Crippen molar-refractivity contribution in [2.75, 3.05) is 6.54 Å². The number of aliphatic imine (C=N–C) groups is 1. The minimum absolute atomic E-state index is 0.0142.